The first-order chi connectivity index (χ1) is 12.2. The average molecular weight is 331 g/mol. The van der Waals surface area contributed by atoms with E-state index in [0.717, 1.165) is 41.1 Å². The predicted octanol–water partition coefficient (Wildman–Crippen LogP) is 4.07. The summed E-state index contributed by atoms with van der Waals surface area (Å²) in [4.78, 5) is 8.72. The van der Waals surface area contributed by atoms with E-state index in [0.29, 0.717) is 5.82 Å². The van der Waals surface area contributed by atoms with Crippen LogP contribution in [0.2, 0.25) is 0 Å². The number of hydrazone groups is 1. The fraction of sp³-hybridized carbons (Fsp3) is 0.150. The third kappa shape index (κ3) is 3.83. The number of nitrogen functional groups attached to an aromatic ring is 1. The molecule has 1 aromatic heterocycles. The van der Waals surface area contributed by atoms with Crippen molar-refractivity contribution in [2.45, 2.75) is 19.8 Å². The minimum absolute atomic E-state index is 0.577. The number of aromatic nitrogens is 1. The van der Waals surface area contributed by atoms with Gasteiger partial charge in [-0.2, -0.15) is 5.10 Å². The van der Waals surface area contributed by atoms with Gasteiger partial charge in [0.25, 0.3) is 0 Å². The van der Waals surface area contributed by atoms with Gasteiger partial charge in [0.1, 0.15) is 5.82 Å². The molecule has 1 aliphatic heterocycles. The van der Waals surface area contributed by atoms with Crippen LogP contribution in [0.4, 0.5) is 5.69 Å². The Bertz CT molecular complexity index is 832. The third-order valence-corrected chi connectivity index (χ3v) is 3.79. The molecule has 2 heterocycles. The van der Waals surface area contributed by atoms with Crippen molar-refractivity contribution in [1.29, 1.82) is 0 Å². The van der Waals surface area contributed by atoms with Gasteiger partial charge in [0.15, 0.2) is 0 Å². The van der Waals surface area contributed by atoms with Gasteiger partial charge >= 0.3 is 0 Å². The van der Waals surface area contributed by atoms with Gasteiger partial charge in [0, 0.05) is 35.4 Å². The number of anilines is 1. The van der Waals surface area contributed by atoms with Gasteiger partial charge in [-0.15, -0.1) is 0 Å². The van der Waals surface area contributed by atoms with Crippen molar-refractivity contribution in [3.8, 4) is 0 Å². The van der Waals surface area contributed by atoms with Crippen molar-refractivity contribution in [3.63, 3.8) is 0 Å². The van der Waals surface area contributed by atoms with E-state index in [4.69, 9.17) is 5.73 Å². The first-order valence-electron chi connectivity index (χ1n) is 8.27. The number of benzene rings is 1. The second-order valence-corrected chi connectivity index (χ2v) is 5.70. The lowest BCUT2D eigenvalue weighted by molar-refractivity contribution is 0.517. The summed E-state index contributed by atoms with van der Waals surface area (Å²) in [5.41, 5.74) is 10.3. The predicted molar refractivity (Wildman–Crippen MR) is 104 cm³/mol. The number of hydrogen-bond donors (Lipinski definition) is 1. The fourth-order valence-corrected chi connectivity index (χ4v) is 2.48. The topological polar surface area (TPSA) is 66.9 Å². The standard InChI is InChI=1S/C20H21N5/c1-3-4-11-23-25-15(2)24-19(16-5-7-18(21)8-6-16)14-20(25)17-9-12-22-13-10-17/h5-14H,2-4,21H2,1H3/b23-11-. The van der Waals surface area contributed by atoms with Crippen molar-refractivity contribution in [3.05, 3.63) is 78.4 Å². The zero-order chi connectivity index (χ0) is 17.6. The van der Waals surface area contributed by atoms with Crippen LogP contribution in [0.15, 0.2) is 77.4 Å². The maximum absolute atomic E-state index is 5.78. The number of allylic oxidation sites excluding steroid dienone is 1. The summed E-state index contributed by atoms with van der Waals surface area (Å²) in [6.45, 7) is 6.21. The summed E-state index contributed by atoms with van der Waals surface area (Å²) in [6, 6.07) is 11.6. The highest BCUT2D eigenvalue weighted by Gasteiger charge is 2.20. The Kier molecular flexibility index (Phi) is 5.04. The minimum atomic E-state index is 0.577. The molecule has 3 rings (SSSR count). The molecule has 2 aromatic rings. The summed E-state index contributed by atoms with van der Waals surface area (Å²) in [6.07, 6.45) is 9.38. The molecule has 126 valence electrons. The summed E-state index contributed by atoms with van der Waals surface area (Å²) < 4.78 is 0. The lowest BCUT2D eigenvalue weighted by Crippen LogP contribution is -2.20. The molecule has 0 saturated heterocycles. The van der Waals surface area contributed by atoms with Crippen molar-refractivity contribution in [2.24, 2.45) is 10.1 Å². The molecule has 1 aliphatic rings. The van der Waals surface area contributed by atoms with E-state index in [2.05, 4.69) is 28.6 Å². The molecule has 5 nitrogen and oxygen atoms in total. The first kappa shape index (κ1) is 16.6. The Morgan fingerprint density at radius 3 is 2.52 bits per heavy atom. The summed E-state index contributed by atoms with van der Waals surface area (Å²) >= 11 is 0. The molecule has 0 atom stereocenters. The van der Waals surface area contributed by atoms with E-state index in [1.807, 2.05) is 48.7 Å². The van der Waals surface area contributed by atoms with Gasteiger partial charge in [-0.1, -0.05) is 32.1 Å². The molecular weight excluding hydrogens is 310 g/mol. The zero-order valence-corrected chi connectivity index (χ0v) is 14.3. The molecule has 0 aliphatic carbocycles. The van der Waals surface area contributed by atoms with Gasteiger partial charge in [-0.3, -0.25) is 4.98 Å². The molecule has 0 radical (unpaired) electrons. The molecule has 0 spiro atoms. The number of unbranched alkanes of at least 4 members (excludes halogenated alkanes) is 1. The zero-order valence-electron chi connectivity index (χ0n) is 14.3. The number of pyridine rings is 1. The van der Waals surface area contributed by atoms with Crippen LogP contribution in [0.1, 0.15) is 30.9 Å². The highest BCUT2D eigenvalue weighted by molar-refractivity contribution is 6.13. The third-order valence-electron chi connectivity index (χ3n) is 3.79. The lowest BCUT2D eigenvalue weighted by Gasteiger charge is -2.26. The fourth-order valence-electron chi connectivity index (χ4n) is 2.48. The van der Waals surface area contributed by atoms with E-state index in [1.165, 1.54) is 0 Å². The van der Waals surface area contributed by atoms with Crippen LogP contribution in [0.3, 0.4) is 0 Å². The summed E-state index contributed by atoms with van der Waals surface area (Å²) in [5.74, 6) is 0.577. The number of nitrogens with zero attached hydrogens (tertiary/aromatic N) is 4. The molecule has 0 fully saturated rings. The quantitative estimate of drug-likeness (QED) is 0.663. The second-order valence-electron chi connectivity index (χ2n) is 5.70. The average Bonchev–Trinajstić information content (AvgIpc) is 2.64. The molecule has 5 heteroatoms. The lowest BCUT2D eigenvalue weighted by atomic mass is 10.0. The monoisotopic (exact) mass is 331 g/mol. The van der Waals surface area contributed by atoms with Gasteiger partial charge in [-0.25, -0.2) is 10.0 Å². The minimum Gasteiger partial charge on any atom is -0.399 e. The molecule has 0 saturated carbocycles. The van der Waals surface area contributed by atoms with Gasteiger partial charge in [0.05, 0.1) is 11.4 Å². The van der Waals surface area contributed by atoms with E-state index in [9.17, 15) is 0 Å². The Labute approximate surface area is 147 Å². The van der Waals surface area contributed by atoms with Crippen LogP contribution >= 0.6 is 0 Å². The molecule has 0 unspecified atom stereocenters. The van der Waals surface area contributed by atoms with Crippen LogP contribution in [0, 0.1) is 0 Å². The second kappa shape index (κ2) is 7.57. The SMILES string of the molecule is C=C1N=C(c2ccc(N)cc2)C=C(c2ccncc2)N1/N=C\CCC. The molecule has 2 N–H and O–H groups in total. The maximum atomic E-state index is 5.78. The summed E-state index contributed by atoms with van der Waals surface area (Å²) in [5, 5.41) is 6.32. The van der Waals surface area contributed by atoms with Crippen LogP contribution in [-0.2, 0) is 0 Å². The molecule has 25 heavy (non-hydrogen) atoms. The largest absolute Gasteiger partial charge is 0.399 e. The first-order valence-corrected chi connectivity index (χ1v) is 8.27. The van der Waals surface area contributed by atoms with Crippen LogP contribution in [0.5, 0.6) is 0 Å². The Morgan fingerprint density at radius 2 is 1.84 bits per heavy atom. The Balaban J connectivity index is 2.03. The molecular formula is C20H21N5. The van der Waals surface area contributed by atoms with Gasteiger partial charge in [0.2, 0.25) is 0 Å². The Hall–Kier alpha value is -3.21. The van der Waals surface area contributed by atoms with Crippen molar-refractivity contribution < 1.29 is 0 Å². The number of nitrogens with two attached hydrogens (primary N) is 1. The van der Waals surface area contributed by atoms with Gasteiger partial charge in [-0.05, 0) is 36.8 Å². The highest BCUT2D eigenvalue weighted by atomic mass is 15.5. The van der Waals surface area contributed by atoms with E-state index < -0.39 is 0 Å². The molecule has 0 bridgehead atoms. The van der Waals surface area contributed by atoms with Crippen molar-refractivity contribution in [1.82, 2.24) is 9.99 Å². The van der Waals surface area contributed by atoms with Crippen LogP contribution < -0.4 is 5.73 Å². The molecule has 0 amide bonds. The van der Waals surface area contributed by atoms with E-state index >= 15 is 0 Å². The maximum Gasteiger partial charge on any atom is 0.147 e. The Morgan fingerprint density at radius 1 is 1.12 bits per heavy atom. The highest BCUT2D eigenvalue weighted by Crippen LogP contribution is 2.29. The van der Waals surface area contributed by atoms with Crippen LogP contribution in [0.25, 0.3) is 5.70 Å². The van der Waals surface area contributed by atoms with Crippen LogP contribution in [-0.4, -0.2) is 21.9 Å². The van der Waals surface area contributed by atoms with Crippen molar-refractivity contribution >= 4 is 23.3 Å². The smallest absolute Gasteiger partial charge is 0.147 e. The normalized spacial score (nSPS) is 14.6. The number of aliphatic imine (C=N–C) groups is 1. The number of hydrogen-bond acceptors (Lipinski definition) is 5. The molecule has 1 aromatic carbocycles. The van der Waals surface area contributed by atoms with E-state index in [1.54, 1.807) is 17.4 Å². The van der Waals surface area contributed by atoms with Crippen molar-refractivity contribution in [2.75, 3.05) is 5.73 Å². The van der Waals surface area contributed by atoms with E-state index in [-0.39, 0.29) is 0 Å². The number of rotatable bonds is 5. The van der Waals surface area contributed by atoms with Gasteiger partial charge < -0.3 is 5.73 Å². The summed E-state index contributed by atoms with van der Waals surface area (Å²) in [7, 11) is 0.